The van der Waals surface area contributed by atoms with Crippen molar-refractivity contribution in [3.05, 3.63) is 0 Å². The van der Waals surface area contributed by atoms with Gasteiger partial charge in [0.1, 0.15) is 0 Å². The van der Waals surface area contributed by atoms with E-state index in [2.05, 4.69) is 10.2 Å². The number of hydrogen-bond donors (Lipinski definition) is 1. The van der Waals surface area contributed by atoms with E-state index in [0.29, 0.717) is 6.10 Å². The molecule has 0 spiro atoms. The predicted molar refractivity (Wildman–Crippen MR) is 64.5 cm³/mol. The Bertz CT molecular complexity index is 216. The molecule has 3 fully saturated rings. The first-order valence-corrected chi connectivity index (χ1v) is 6.96. The Morgan fingerprint density at radius 3 is 2.69 bits per heavy atom. The first-order valence-electron chi connectivity index (χ1n) is 6.96. The molecule has 3 atom stereocenters. The Hall–Kier alpha value is -0.120. The van der Waals surface area contributed by atoms with Crippen LogP contribution in [0, 0.1) is 11.8 Å². The first-order chi connectivity index (χ1) is 7.92. The van der Waals surface area contributed by atoms with Crippen LogP contribution in [-0.2, 0) is 4.74 Å². The SMILES string of the molecule is C1COC(CCCN2C[C@H]3CNC[C@H]3C2)C1. The second kappa shape index (κ2) is 5.03. The maximum Gasteiger partial charge on any atom is 0.0576 e. The van der Waals surface area contributed by atoms with Crippen LogP contribution in [0.4, 0.5) is 0 Å². The molecule has 0 aromatic rings. The van der Waals surface area contributed by atoms with Gasteiger partial charge in [-0.3, -0.25) is 0 Å². The quantitative estimate of drug-likeness (QED) is 0.774. The summed E-state index contributed by atoms with van der Waals surface area (Å²) in [4.78, 5) is 2.67. The highest BCUT2D eigenvalue weighted by Crippen LogP contribution is 2.26. The number of nitrogens with zero attached hydrogens (tertiary/aromatic N) is 1. The second-order valence-electron chi connectivity index (χ2n) is 5.72. The number of likely N-dealkylation sites (tertiary alicyclic amines) is 1. The van der Waals surface area contributed by atoms with Crippen molar-refractivity contribution in [1.29, 1.82) is 0 Å². The van der Waals surface area contributed by atoms with Gasteiger partial charge in [-0.1, -0.05) is 0 Å². The number of ether oxygens (including phenoxy) is 1. The van der Waals surface area contributed by atoms with E-state index in [1.807, 2.05) is 0 Å². The van der Waals surface area contributed by atoms with Crippen LogP contribution in [0.3, 0.4) is 0 Å². The van der Waals surface area contributed by atoms with Gasteiger partial charge in [0, 0.05) is 19.7 Å². The standard InChI is InChI=1S/C13H24N2O/c1(3-13-4-2-6-16-13)5-15-9-11-7-14-8-12(11)10-15/h11-14H,1-10H2/t11-,12+,13?. The molecule has 3 nitrogen and oxygen atoms in total. The lowest BCUT2D eigenvalue weighted by Crippen LogP contribution is -2.27. The first kappa shape index (κ1) is 11.0. The summed E-state index contributed by atoms with van der Waals surface area (Å²) >= 11 is 0. The largest absolute Gasteiger partial charge is 0.378 e. The molecule has 3 aliphatic heterocycles. The smallest absolute Gasteiger partial charge is 0.0576 e. The number of nitrogens with one attached hydrogen (secondary N) is 1. The molecule has 92 valence electrons. The minimum Gasteiger partial charge on any atom is -0.378 e. The predicted octanol–water partition coefficient (Wildman–Crippen LogP) is 1.10. The zero-order valence-electron chi connectivity index (χ0n) is 10.2. The van der Waals surface area contributed by atoms with Crippen LogP contribution in [0.2, 0.25) is 0 Å². The Balaban J connectivity index is 1.33. The molecule has 0 bridgehead atoms. The maximum atomic E-state index is 5.66. The van der Waals surface area contributed by atoms with Crippen molar-refractivity contribution in [3.63, 3.8) is 0 Å². The van der Waals surface area contributed by atoms with Crippen molar-refractivity contribution >= 4 is 0 Å². The Labute approximate surface area is 98.5 Å². The average Bonchev–Trinajstić information content (AvgIpc) is 2.91. The van der Waals surface area contributed by atoms with Gasteiger partial charge >= 0.3 is 0 Å². The van der Waals surface area contributed by atoms with Gasteiger partial charge in [-0.25, -0.2) is 0 Å². The molecule has 3 saturated heterocycles. The molecule has 1 N–H and O–H groups in total. The van der Waals surface area contributed by atoms with Crippen LogP contribution in [0.5, 0.6) is 0 Å². The topological polar surface area (TPSA) is 24.5 Å². The summed E-state index contributed by atoms with van der Waals surface area (Å²) in [6.45, 7) is 7.49. The third kappa shape index (κ3) is 2.41. The molecule has 16 heavy (non-hydrogen) atoms. The Morgan fingerprint density at radius 1 is 1.19 bits per heavy atom. The molecule has 0 saturated carbocycles. The third-order valence-electron chi connectivity index (χ3n) is 4.49. The molecule has 0 aromatic heterocycles. The summed E-state index contributed by atoms with van der Waals surface area (Å²) in [5.41, 5.74) is 0. The van der Waals surface area contributed by atoms with Crippen molar-refractivity contribution in [1.82, 2.24) is 10.2 Å². The van der Waals surface area contributed by atoms with Crippen molar-refractivity contribution in [2.24, 2.45) is 11.8 Å². The highest BCUT2D eigenvalue weighted by atomic mass is 16.5. The van der Waals surface area contributed by atoms with Gasteiger partial charge in [0.15, 0.2) is 0 Å². The number of fused-ring (bicyclic) bond motifs is 1. The molecule has 1 unspecified atom stereocenters. The van der Waals surface area contributed by atoms with Gasteiger partial charge in [0.25, 0.3) is 0 Å². The molecule has 0 aliphatic carbocycles. The third-order valence-corrected chi connectivity index (χ3v) is 4.49. The van der Waals surface area contributed by atoms with E-state index in [-0.39, 0.29) is 0 Å². The minimum absolute atomic E-state index is 0.587. The van der Waals surface area contributed by atoms with Crippen LogP contribution >= 0.6 is 0 Å². The van der Waals surface area contributed by atoms with Gasteiger partial charge in [-0.15, -0.1) is 0 Å². The van der Waals surface area contributed by atoms with Crippen LogP contribution < -0.4 is 5.32 Å². The van der Waals surface area contributed by atoms with Gasteiger partial charge in [0.05, 0.1) is 6.10 Å². The van der Waals surface area contributed by atoms with Gasteiger partial charge < -0.3 is 15.0 Å². The van der Waals surface area contributed by atoms with Crippen molar-refractivity contribution in [2.45, 2.75) is 31.8 Å². The zero-order valence-corrected chi connectivity index (χ0v) is 10.2. The fraction of sp³-hybridized carbons (Fsp3) is 1.00. The molecule has 0 aromatic carbocycles. The van der Waals surface area contributed by atoms with Crippen LogP contribution in [0.1, 0.15) is 25.7 Å². The van der Waals surface area contributed by atoms with E-state index >= 15 is 0 Å². The summed E-state index contributed by atoms with van der Waals surface area (Å²) in [5.74, 6) is 1.89. The molecule has 0 radical (unpaired) electrons. The van der Waals surface area contributed by atoms with E-state index in [0.717, 1.165) is 18.4 Å². The Morgan fingerprint density at radius 2 is 2.00 bits per heavy atom. The molecule has 3 heterocycles. The summed E-state index contributed by atoms with van der Waals surface area (Å²) in [7, 11) is 0. The fourth-order valence-corrected chi connectivity index (χ4v) is 3.55. The van der Waals surface area contributed by atoms with Gasteiger partial charge in [-0.05, 0) is 57.2 Å². The molecule has 3 heteroatoms. The van der Waals surface area contributed by atoms with E-state index in [4.69, 9.17) is 4.74 Å². The highest BCUT2D eigenvalue weighted by Gasteiger charge is 2.35. The Kier molecular flexibility index (Phi) is 3.46. The lowest BCUT2D eigenvalue weighted by Gasteiger charge is -2.17. The summed E-state index contributed by atoms with van der Waals surface area (Å²) in [6, 6.07) is 0. The van der Waals surface area contributed by atoms with Crippen LogP contribution in [0.25, 0.3) is 0 Å². The van der Waals surface area contributed by atoms with Crippen molar-refractivity contribution in [3.8, 4) is 0 Å². The van der Waals surface area contributed by atoms with Gasteiger partial charge in [-0.2, -0.15) is 0 Å². The molecule has 0 amide bonds. The molecular formula is C13H24N2O. The fourth-order valence-electron chi connectivity index (χ4n) is 3.55. The van der Waals surface area contributed by atoms with E-state index < -0.39 is 0 Å². The zero-order chi connectivity index (χ0) is 10.8. The normalized spacial score (nSPS) is 39.4. The molecule has 3 aliphatic rings. The lowest BCUT2D eigenvalue weighted by molar-refractivity contribution is 0.0994. The lowest BCUT2D eigenvalue weighted by atomic mass is 10.0. The van der Waals surface area contributed by atoms with Crippen molar-refractivity contribution in [2.75, 3.05) is 39.3 Å². The summed E-state index contributed by atoms with van der Waals surface area (Å²) < 4.78 is 5.66. The number of rotatable bonds is 4. The monoisotopic (exact) mass is 224 g/mol. The second-order valence-corrected chi connectivity index (χ2v) is 5.72. The summed E-state index contributed by atoms with van der Waals surface area (Å²) in [5, 5.41) is 3.50. The molecular weight excluding hydrogens is 200 g/mol. The minimum atomic E-state index is 0.587. The summed E-state index contributed by atoms with van der Waals surface area (Å²) in [6.07, 6.45) is 5.78. The number of hydrogen-bond acceptors (Lipinski definition) is 3. The van der Waals surface area contributed by atoms with Crippen molar-refractivity contribution < 1.29 is 4.74 Å². The van der Waals surface area contributed by atoms with E-state index in [9.17, 15) is 0 Å². The van der Waals surface area contributed by atoms with E-state index in [1.54, 1.807) is 0 Å². The highest BCUT2D eigenvalue weighted by molar-refractivity contribution is 4.91. The maximum absolute atomic E-state index is 5.66. The van der Waals surface area contributed by atoms with E-state index in [1.165, 1.54) is 58.4 Å². The van der Waals surface area contributed by atoms with Crippen LogP contribution in [-0.4, -0.2) is 50.3 Å². The average molecular weight is 224 g/mol. The van der Waals surface area contributed by atoms with Gasteiger partial charge in [0.2, 0.25) is 0 Å². The molecule has 3 rings (SSSR count). The van der Waals surface area contributed by atoms with Crippen LogP contribution in [0.15, 0.2) is 0 Å².